The molecule has 1 unspecified atom stereocenters. The lowest BCUT2D eigenvalue weighted by molar-refractivity contribution is -0.140. The van der Waals surface area contributed by atoms with Crippen molar-refractivity contribution in [3.05, 3.63) is 0 Å². The van der Waals surface area contributed by atoms with Crippen LogP contribution in [-0.2, 0) is 14.3 Å². The highest BCUT2D eigenvalue weighted by Crippen LogP contribution is 1.94. The molecule has 12 heavy (non-hydrogen) atoms. The van der Waals surface area contributed by atoms with E-state index < -0.39 is 12.1 Å². The molecule has 0 saturated carbocycles. The maximum Gasteiger partial charge on any atom is 0.306 e. The summed E-state index contributed by atoms with van der Waals surface area (Å²) >= 11 is 0. The Kier molecular flexibility index (Phi) is 5.03. The summed E-state index contributed by atoms with van der Waals surface area (Å²) in [6, 6.07) is 0. The molecular weight excluding hydrogens is 162 g/mol. The standard InChI is InChI=1S/C7H13NO4/c1-5(9)8-4-6(12-2)3-7(10)11/h6H,3-4H2,1-2H3,(H,8,9)(H,10,11). The predicted molar refractivity (Wildman–Crippen MR) is 41.7 cm³/mol. The molecule has 0 radical (unpaired) electrons. The zero-order valence-corrected chi connectivity index (χ0v) is 7.16. The molecule has 1 atom stereocenters. The van der Waals surface area contributed by atoms with Crippen LogP contribution in [0.4, 0.5) is 0 Å². The molecule has 0 aliphatic carbocycles. The van der Waals surface area contributed by atoms with Crippen LogP contribution in [0.2, 0.25) is 0 Å². The van der Waals surface area contributed by atoms with E-state index in [4.69, 9.17) is 9.84 Å². The number of methoxy groups -OCH3 is 1. The summed E-state index contributed by atoms with van der Waals surface area (Å²) in [5, 5.41) is 10.9. The fourth-order valence-electron chi connectivity index (χ4n) is 0.691. The van der Waals surface area contributed by atoms with Gasteiger partial charge in [0.2, 0.25) is 5.91 Å². The first kappa shape index (κ1) is 10.9. The summed E-state index contributed by atoms with van der Waals surface area (Å²) in [7, 11) is 1.41. The number of hydrogen-bond donors (Lipinski definition) is 2. The minimum absolute atomic E-state index is 0.100. The minimum atomic E-state index is -0.938. The molecule has 5 heteroatoms. The second kappa shape index (κ2) is 5.54. The van der Waals surface area contributed by atoms with Gasteiger partial charge in [-0.15, -0.1) is 0 Å². The number of amides is 1. The molecule has 0 aromatic rings. The van der Waals surface area contributed by atoms with Crippen molar-refractivity contribution in [3.63, 3.8) is 0 Å². The van der Waals surface area contributed by atoms with Crippen LogP contribution in [0.5, 0.6) is 0 Å². The summed E-state index contributed by atoms with van der Waals surface area (Å²) in [5.74, 6) is -1.13. The topological polar surface area (TPSA) is 75.6 Å². The summed E-state index contributed by atoms with van der Waals surface area (Å²) in [4.78, 5) is 20.7. The summed E-state index contributed by atoms with van der Waals surface area (Å²) in [6.07, 6.45) is -0.553. The van der Waals surface area contributed by atoms with E-state index in [0.717, 1.165) is 0 Å². The summed E-state index contributed by atoms with van der Waals surface area (Å²) < 4.78 is 4.82. The first-order chi connectivity index (χ1) is 5.56. The van der Waals surface area contributed by atoms with Crippen LogP contribution in [-0.4, -0.2) is 36.7 Å². The van der Waals surface area contributed by atoms with Gasteiger partial charge in [0.25, 0.3) is 0 Å². The zero-order valence-electron chi connectivity index (χ0n) is 7.16. The molecule has 1 amide bonds. The Balaban J connectivity index is 3.67. The van der Waals surface area contributed by atoms with Crippen LogP contribution in [0, 0.1) is 0 Å². The van der Waals surface area contributed by atoms with Crippen LogP contribution < -0.4 is 5.32 Å². The molecule has 0 aromatic carbocycles. The van der Waals surface area contributed by atoms with Gasteiger partial charge in [0.05, 0.1) is 12.5 Å². The Labute approximate surface area is 70.7 Å². The van der Waals surface area contributed by atoms with Crippen molar-refractivity contribution in [1.82, 2.24) is 5.32 Å². The highest BCUT2D eigenvalue weighted by Gasteiger charge is 2.11. The smallest absolute Gasteiger partial charge is 0.306 e. The molecule has 0 fully saturated rings. The average molecular weight is 175 g/mol. The van der Waals surface area contributed by atoms with Crippen molar-refractivity contribution in [3.8, 4) is 0 Å². The van der Waals surface area contributed by atoms with Gasteiger partial charge in [0.15, 0.2) is 0 Å². The number of carboxylic acid groups (broad SMARTS) is 1. The second-order valence-electron chi connectivity index (χ2n) is 2.39. The van der Waals surface area contributed by atoms with Crippen molar-refractivity contribution in [2.45, 2.75) is 19.4 Å². The quantitative estimate of drug-likeness (QED) is 0.596. The van der Waals surface area contributed by atoms with E-state index in [1.165, 1.54) is 14.0 Å². The molecule has 70 valence electrons. The molecule has 0 saturated heterocycles. The van der Waals surface area contributed by atoms with E-state index >= 15 is 0 Å². The fraction of sp³-hybridized carbons (Fsp3) is 0.714. The van der Waals surface area contributed by atoms with Crippen molar-refractivity contribution in [1.29, 1.82) is 0 Å². The molecular formula is C7H13NO4. The highest BCUT2D eigenvalue weighted by atomic mass is 16.5. The van der Waals surface area contributed by atoms with Gasteiger partial charge in [-0.05, 0) is 0 Å². The van der Waals surface area contributed by atoms with Crippen molar-refractivity contribution >= 4 is 11.9 Å². The Bertz CT molecular complexity index is 169. The van der Waals surface area contributed by atoms with Crippen molar-refractivity contribution in [2.24, 2.45) is 0 Å². The Hall–Kier alpha value is -1.10. The Morgan fingerprint density at radius 3 is 2.50 bits per heavy atom. The molecule has 0 heterocycles. The van der Waals surface area contributed by atoms with E-state index in [0.29, 0.717) is 0 Å². The number of nitrogens with one attached hydrogen (secondary N) is 1. The molecule has 0 rings (SSSR count). The lowest BCUT2D eigenvalue weighted by Crippen LogP contribution is -2.32. The van der Waals surface area contributed by atoms with E-state index in [-0.39, 0.29) is 18.9 Å². The number of ether oxygens (including phenoxy) is 1. The van der Waals surface area contributed by atoms with E-state index in [1.54, 1.807) is 0 Å². The van der Waals surface area contributed by atoms with Crippen molar-refractivity contribution < 1.29 is 19.4 Å². The summed E-state index contributed by atoms with van der Waals surface area (Å²) in [5.41, 5.74) is 0. The van der Waals surface area contributed by atoms with Gasteiger partial charge in [-0.2, -0.15) is 0 Å². The molecule has 0 aromatic heterocycles. The molecule has 2 N–H and O–H groups in total. The second-order valence-corrected chi connectivity index (χ2v) is 2.39. The molecule has 0 spiro atoms. The summed E-state index contributed by atoms with van der Waals surface area (Å²) in [6.45, 7) is 1.60. The first-order valence-electron chi connectivity index (χ1n) is 3.55. The van der Waals surface area contributed by atoms with Crippen LogP contribution in [0.25, 0.3) is 0 Å². The number of carbonyl (C=O) groups is 2. The monoisotopic (exact) mass is 175 g/mol. The third kappa shape index (κ3) is 5.67. The Morgan fingerprint density at radius 1 is 1.58 bits per heavy atom. The van der Waals surface area contributed by atoms with Crippen LogP contribution in [0.1, 0.15) is 13.3 Å². The van der Waals surface area contributed by atoms with Gasteiger partial charge < -0.3 is 15.2 Å². The maximum atomic E-state index is 10.4. The third-order valence-corrected chi connectivity index (χ3v) is 1.31. The Morgan fingerprint density at radius 2 is 2.17 bits per heavy atom. The van der Waals surface area contributed by atoms with E-state index in [2.05, 4.69) is 5.32 Å². The highest BCUT2D eigenvalue weighted by molar-refractivity contribution is 5.73. The van der Waals surface area contributed by atoms with Crippen molar-refractivity contribution in [2.75, 3.05) is 13.7 Å². The minimum Gasteiger partial charge on any atom is -0.481 e. The van der Waals surface area contributed by atoms with Crippen LogP contribution >= 0.6 is 0 Å². The van der Waals surface area contributed by atoms with Gasteiger partial charge in [0.1, 0.15) is 0 Å². The molecule has 0 aliphatic heterocycles. The number of hydrogen-bond acceptors (Lipinski definition) is 3. The van der Waals surface area contributed by atoms with Crippen LogP contribution in [0.15, 0.2) is 0 Å². The van der Waals surface area contributed by atoms with Gasteiger partial charge >= 0.3 is 5.97 Å². The average Bonchev–Trinajstić information content (AvgIpc) is 1.97. The molecule has 0 bridgehead atoms. The van der Waals surface area contributed by atoms with Gasteiger partial charge in [-0.3, -0.25) is 9.59 Å². The normalized spacial score (nSPS) is 12.2. The number of aliphatic carboxylic acids is 1. The van der Waals surface area contributed by atoms with E-state index in [1.807, 2.05) is 0 Å². The van der Waals surface area contributed by atoms with Gasteiger partial charge in [0, 0.05) is 20.6 Å². The van der Waals surface area contributed by atoms with Gasteiger partial charge in [-0.1, -0.05) is 0 Å². The SMILES string of the molecule is COC(CNC(C)=O)CC(=O)O. The van der Waals surface area contributed by atoms with Gasteiger partial charge in [-0.25, -0.2) is 0 Å². The largest absolute Gasteiger partial charge is 0.481 e. The van der Waals surface area contributed by atoms with Crippen LogP contribution in [0.3, 0.4) is 0 Å². The lowest BCUT2D eigenvalue weighted by atomic mass is 10.2. The number of rotatable bonds is 5. The number of carboxylic acids is 1. The first-order valence-corrected chi connectivity index (χ1v) is 3.55. The molecule has 0 aliphatic rings. The maximum absolute atomic E-state index is 10.4. The fourth-order valence-corrected chi connectivity index (χ4v) is 0.691. The predicted octanol–water partition coefficient (Wildman–Crippen LogP) is -0.388. The third-order valence-electron chi connectivity index (χ3n) is 1.31. The lowest BCUT2D eigenvalue weighted by Gasteiger charge is -2.12. The van der Waals surface area contributed by atoms with E-state index in [9.17, 15) is 9.59 Å². The number of carbonyl (C=O) groups excluding carboxylic acids is 1. The zero-order chi connectivity index (χ0) is 9.56. The molecule has 5 nitrogen and oxygen atoms in total.